The van der Waals surface area contributed by atoms with Crippen molar-refractivity contribution in [2.45, 2.75) is 20.0 Å². The van der Waals surface area contributed by atoms with Crippen LogP contribution in [0, 0.1) is 17.4 Å². The molecule has 1 heterocycles. The zero-order valence-corrected chi connectivity index (χ0v) is 20.5. The quantitative estimate of drug-likeness (QED) is 0.149. The van der Waals surface area contributed by atoms with Crippen molar-refractivity contribution in [2.75, 3.05) is 0 Å². The molecule has 175 valence electrons. The van der Waals surface area contributed by atoms with Crippen LogP contribution in [0.15, 0.2) is 72.6 Å². The van der Waals surface area contributed by atoms with E-state index in [1.165, 1.54) is 38.3 Å². The fraction of sp³-hybridized carbons (Fsp3) is 0.115. The summed E-state index contributed by atoms with van der Waals surface area (Å²) < 4.78 is 39.9. The number of pyridine rings is 1. The summed E-state index contributed by atoms with van der Waals surface area (Å²) >= 11 is 0. The van der Waals surface area contributed by atoms with Gasteiger partial charge in [0, 0.05) is 38.1 Å². The number of nitriles is 1. The van der Waals surface area contributed by atoms with Gasteiger partial charge in [-0.2, -0.15) is 18.4 Å². The summed E-state index contributed by atoms with van der Waals surface area (Å²) in [6.07, 6.45) is -1.94. The summed E-state index contributed by atoms with van der Waals surface area (Å²) in [6, 6.07) is 19.6. The first-order chi connectivity index (χ1) is 15.6. The summed E-state index contributed by atoms with van der Waals surface area (Å²) in [7, 11) is 0. The first-order valence-corrected chi connectivity index (χ1v) is 9.80. The van der Waals surface area contributed by atoms with Gasteiger partial charge in [0.05, 0.1) is 17.4 Å². The van der Waals surface area contributed by atoms with Crippen LogP contribution in [0.25, 0.3) is 32.8 Å². The molecule has 1 radical (unpaired) electrons. The number of benzene rings is 3. The molecule has 0 aliphatic rings. The third-order valence-electron chi connectivity index (χ3n) is 4.67. The number of hydrogen-bond donors (Lipinski definition) is 1. The Morgan fingerprint density at radius 1 is 1.06 bits per heavy atom. The van der Waals surface area contributed by atoms with Gasteiger partial charge in [0.25, 0.3) is 0 Å². The molecule has 0 saturated heterocycles. The van der Waals surface area contributed by atoms with Gasteiger partial charge in [0.2, 0.25) is 0 Å². The first kappa shape index (κ1) is 26.7. The number of aliphatic hydroxyl groups excluding tert-OH is 1. The van der Waals surface area contributed by atoms with Gasteiger partial charge in [-0.3, -0.25) is 9.78 Å². The normalized spacial score (nSPS) is 11.2. The largest absolute Gasteiger partial charge is 0.512 e. The first-order valence-electron chi connectivity index (χ1n) is 9.80. The second-order valence-electron chi connectivity index (χ2n) is 7.21. The molecule has 0 spiro atoms. The predicted octanol–water partition coefficient (Wildman–Crippen LogP) is 6.78. The van der Waals surface area contributed by atoms with Crippen LogP contribution in [-0.4, -0.2) is 15.9 Å². The monoisotopic (exact) mass is 640 g/mol. The molecular formula is C26H18F3IrN2O2-. The SMILES string of the molecule is CC(=O)/C=C(/C)O.N#Cc1cc(-c2nccc3c(C(F)(F)F)cccc23)[c-]c2ccccc12.[Ir]. The van der Waals surface area contributed by atoms with Gasteiger partial charge in [-0.25, -0.2) is 0 Å². The molecule has 0 aliphatic heterocycles. The van der Waals surface area contributed by atoms with Crippen molar-refractivity contribution in [1.29, 1.82) is 5.26 Å². The van der Waals surface area contributed by atoms with Crippen molar-refractivity contribution in [2.24, 2.45) is 0 Å². The molecular weight excluding hydrogens is 622 g/mol. The number of rotatable bonds is 2. The number of hydrogen-bond acceptors (Lipinski definition) is 4. The van der Waals surface area contributed by atoms with Gasteiger partial charge in [-0.15, -0.1) is 23.6 Å². The number of nitrogens with zero attached hydrogens (tertiary/aromatic N) is 2. The topological polar surface area (TPSA) is 74.0 Å². The standard InChI is InChI=1S/C21H10F3N2.C5H8O2.Ir/c22-21(23,24)19-7-3-6-18-17(19)8-9-26-20(18)14-10-13-4-1-2-5-16(13)15(11-14)12-25;1-4(6)3-5(2)7;/h1-9,11H;3,6H,1-2H3;/q-1;;/b;4-3-;. The van der Waals surface area contributed by atoms with Crippen LogP contribution < -0.4 is 0 Å². The minimum Gasteiger partial charge on any atom is -0.512 e. The summed E-state index contributed by atoms with van der Waals surface area (Å²) in [5.41, 5.74) is 0.584. The van der Waals surface area contributed by atoms with Gasteiger partial charge >= 0.3 is 6.18 Å². The molecule has 4 nitrogen and oxygen atoms in total. The van der Waals surface area contributed by atoms with E-state index < -0.39 is 11.7 Å². The molecule has 0 atom stereocenters. The zero-order valence-electron chi connectivity index (χ0n) is 18.1. The number of aromatic nitrogens is 1. The maximum atomic E-state index is 13.3. The van der Waals surface area contributed by atoms with E-state index in [-0.39, 0.29) is 37.0 Å². The van der Waals surface area contributed by atoms with E-state index >= 15 is 0 Å². The van der Waals surface area contributed by atoms with Crippen LogP contribution in [0.5, 0.6) is 0 Å². The number of carbonyl (C=O) groups is 1. The Kier molecular flexibility index (Phi) is 8.69. The average molecular weight is 640 g/mol. The summed E-state index contributed by atoms with van der Waals surface area (Å²) in [5.74, 6) is -0.0625. The Balaban J connectivity index is 0.000000449. The number of alkyl halides is 3. The van der Waals surface area contributed by atoms with Crippen molar-refractivity contribution in [3.05, 3.63) is 89.8 Å². The second kappa shape index (κ2) is 11.1. The van der Waals surface area contributed by atoms with Crippen LogP contribution in [0.3, 0.4) is 0 Å². The molecule has 0 saturated carbocycles. The zero-order chi connectivity index (χ0) is 24.2. The Hall–Kier alpha value is -3.53. The van der Waals surface area contributed by atoms with Crippen LogP contribution in [0.2, 0.25) is 0 Å². The summed E-state index contributed by atoms with van der Waals surface area (Å²) in [5, 5.41) is 19.7. The van der Waals surface area contributed by atoms with E-state index in [4.69, 9.17) is 5.11 Å². The second-order valence-corrected chi connectivity index (χ2v) is 7.21. The Bertz CT molecular complexity index is 1420. The summed E-state index contributed by atoms with van der Waals surface area (Å²) in [6.45, 7) is 2.85. The molecule has 0 amide bonds. The molecule has 1 aromatic heterocycles. The summed E-state index contributed by atoms with van der Waals surface area (Å²) in [4.78, 5) is 14.3. The van der Waals surface area contributed by atoms with E-state index in [1.807, 2.05) is 24.3 Å². The van der Waals surface area contributed by atoms with Gasteiger partial charge < -0.3 is 5.11 Å². The molecule has 0 bridgehead atoms. The van der Waals surface area contributed by atoms with Crippen molar-refractivity contribution in [3.63, 3.8) is 0 Å². The number of carbonyl (C=O) groups excluding carboxylic acids is 1. The van der Waals surface area contributed by atoms with E-state index in [0.717, 1.165) is 11.5 Å². The molecule has 3 aromatic carbocycles. The van der Waals surface area contributed by atoms with E-state index in [0.29, 0.717) is 27.6 Å². The van der Waals surface area contributed by atoms with E-state index in [2.05, 4.69) is 17.1 Å². The van der Waals surface area contributed by atoms with E-state index in [1.54, 1.807) is 12.1 Å². The number of halogens is 3. The smallest absolute Gasteiger partial charge is 0.416 e. The predicted molar refractivity (Wildman–Crippen MR) is 120 cm³/mol. The van der Waals surface area contributed by atoms with Crippen molar-refractivity contribution in [1.82, 2.24) is 4.98 Å². The van der Waals surface area contributed by atoms with Crippen molar-refractivity contribution >= 4 is 27.3 Å². The molecule has 0 fully saturated rings. The molecule has 8 heteroatoms. The minimum atomic E-state index is -4.46. The molecule has 1 N–H and O–H groups in total. The van der Waals surface area contributed by atoms with Gasteiger partial charge in [-0.1, -0.05) is 41.3 Å². The maximum absolute atomic E-state index is 13.3. The van der Waals surface area contributed by atoms with Crippen LogP contribution in [0.4, 0.5) is 13.2 Å². The third-order valence-corrected chi connectivity index (χ3v) is 4.67. The third kappa shape index (κ3) is 6.07. The minimum absolute atomic E-state index is 0. The Morgan fingerprint density at radius 2 is 1.74 bits per heavy atom. The van der Waals surface area contributed by atoms with Crippen LogP contribution in [0.1, 0.15) is 25.0 Å². The molecule has 34 heavy (non-hydrogen) atoms. The average Bonchev–Trinajstić information content (AvgIpc) is 2.76. The molecule has 4 rings (SSSR count). The maximum Gasteiger partial charge on any atom is 0.416 e. The van der Waals surface area contributed by atoms with Crippen LogP contribution in [-0.2, 0) is 31.1 Å². The van der Waals surface area contributed by atoms with E-state index in [9.17, 15) is 23.2 Å². The van der Waals surface area contributed by atoms with Gasteiger partial charge in [0.1, 0.15) is 0 Å². The number of aliphatic hydroxyl groups is 1. The number of allylic oxidation sites excluding steroid dienone is 2. The Morgan fingerprint density at radius 3 is 2.32 bits per heavy atom. The number of fused-ring (bicyclic) bond motifs is 2. The fourth-order valence-corrected chi connectivity index (χ4v) is 3.41. The fourth-order valence-electron chi connectivity index (χ4n) is 3.41. The number of ketones is 1. The molecule has 0 unspecified atom stereocenters. The van der Waals surface area contributed by atoms with Gasteiger partial charge in [0.15, 0.2) is 5.78 Å². The van der Waals surface area contributed by atoms with Crippen molar-refractivity contribution in [3.8, 4) is 17.3 Å². The van der Waals surface area contributed by atoms with Crippen molar-refractivity contribution < 1.29 is 43.2 Å². The molecule has 0 aliphatic carbocycles. The van der Waals surface area contributed by atoms with Gasteiger partial charge in [-0.05, 0) is 42.3 Å². The molecule has 4 aromatic rings. The Labute approximate surface area is 207 Å². The van der Waals surface area contributed by atoms with Crippen LogP contribution >= 0.6 is 0 Å².